The molecule has 1 unspecified atom stereocenters. The van der Waals surface area contributed by atoms with E-state index in [1.807, 2.05) is 0 Å². The first kappa shape index (κ1) is 9.00. The summed E-state index contributed by atoms with van der Waals surface area (Å²) < 4.78 is 5.50. The Hall–Kier alpha value is -0.570. The van der Waals surface area contributed by atoms with Crippen molar-refractivity contribution in [3.8, 4) is 0 Å². The Kier molecular flexibility index (Phi) is 3.19. The molecular weight excluding hydrogens is 164 g/mol. The van der Waals surface area contributed by atoms with E-state index in [9.17, 15) is 0 Å². The highest BCUT2D eigenvalue weighted by Crippen LogP contribution is 2.16. The van der Waals surface area contributed by atoms with Gasteiger partial charge in [0.05, 0.1) is 6.61 Å². The van der Waals surface area contributed by atoms with E-state index in [0.29, 0.717) is 0 Å². The van der Waals surface area contributed by atoms with Gasteiger partial charge in [0, 0.05) is 19.4 Å². The molecule has 2 aliphatic rings. The summed E-state index contributed by atoms with van der Waals surface area (Å²) in [5.74, 6) is 1.76. The van der Waals surface area contributed by atoms with Gasteiger partial charge in [0.1, 0.15) is 0 Å². The molecule has 0 spiro atoms. The van der Waals surface area contributed by atoms with Crippen molar-refractivity contribution < 1.29 is 4.74 Å². The third-order valence-corrected chi connectivity index (χ3v) is 2.72. The molecule has 0 aliphatic carbocycles. The molecule has 3 nitrogen and oxygen atoms in total. The van der Waals surface area contributed by atoms with Gasteiger partial charge < -0.3 is 10.1 Å². The predicted octanol–water partition coefficient (Wildman–Crippen LogP) is 1.19. The number of rotatable bonds is 2. The maximum absolute atomic E-state index is 5.50. The molecule has 1 fully saturated rings. The van der Waals surface area contributed by atoms with E-state index in [0.717, 1.165) is 44.4 Å². The van der Waals surface area contributed by atoms with Gasteiger partial charge >= 0.3 is 0 Å². The molecule has 13 heavy (non-hydrogen) atoms. The van der Waals surface area contributed by atoms with Gasteiger partial charge in [0.25, 0.3) is 0 Å². The second-order valence-corrected chi connectivity index (χ2v) is 3.89. The molecule has 2 heterocycles. The largest absolute Gasteiger partial charge is 0.481 e. The molecule has 2 rings (SSSR count). The number of nitrogens with one attached hydrogen (secondary N) is 1. The Bertz CT molecular complexity index is 185. The van der Waals surface area contributed by atoms with Gasteiger partial charge in [-0.3, -0.25) is 4.99 Å². The Balaban J connectivity index is 1.78. The molecule has 0 aromatic heterocycles. The molecule has 1 saturated heterocycles. The molecular formula is C10H18N2O. The van der Waals surface area contributed by atoms with Gasteiger partial charge in [-0.1, -0.05) is 0 Å². The van der Waals surface area contributed by atoms with Gasteiger partial charge in [-0.15, -0.1) is 0 Å². The topological polar surface area (TPSA) is 33.6 Å². The van der Waals surface area contributed by atoms with Crippen LogP contribution in [0.2, 0.25) is 0 Å². The first-order valence-electron chi connectivity index (χ1n) is 5.32. The van der Waals surface area contributed by atoms with Crippen LogP contribution in [0.15, 0.2) is 4.99 Å². The predicted molar refractivity (Wildman–Crippen MR) is 53.1 cm³/mol. The van der Waals surface area contributed by atoms with Gasteiger partial charge in [0.2, 0.25) is 0 Å². The van der Waals surface area contributed by atoms with Crippen LogP contribution in [0.4, 0.5) is 0 Å². The van der Waals surface area contributed by atoms with Crippen molar-refractivity contribution >= 4 is 5.90 Å². The van der Waals surface area contributed by atoms with Gasteiger partial charge in [0.15, 0.2) is 5.90 Å². The average molecular weight is 182 g/mol. The number of hydrogen-bond acceptors (Lipinski definition) is 3. The van der Waals surface area contributed by atoms with E-state index in [-0.39, 0.29) is 0 Å². The fourth-order valence-electron chi connectivity index (χ4n) is 1.97. The van der Waals surface area contributed by atoms with Crippen molar-refractivity contribution in [3.05, 3.63) is 0 Å². The highest BCUT2D eigenvalue weighted by molar-refractivity contribution is 5.76. The lowest BCUT2D eigenvalue weighted by molar-refractivity contribution is 0.259. The fraction of sp³-hybridized carbons (Fsp3) is 0.900. The second-order valence-electron chi connectivity index (χ2n) is 3.89. The van der Waals surface area contributed by atoms with E-state index in [2.05, 4.69) is 10.3 Å². The lowest BCUT2D eigenvalue weighted by Gasteiger charge is -2.24. The number of nitrogens with zero attached hydrogens (tertiary/aromatic N) is 1. The summed E-state index contributed by atoms with van der Waals surface area (Å²) in [5.41, 5.74) is 0. The zero-order valence-electron chi connectivity index (χ0n) is 8.09. The smallest absolute Gasteiger partial charge is 0.183 e. The summed E-state index contributed by atoms with van der Waals surface area (Å²) in [5, 5.41) is 3.41. The minimum Gasteiger partial charge on any atom is -0.481 e. The lowest BCUT2D eigenvalue weighted by Crippen LogP contribution is -2.32. The van der Waals surface area contributed by atoms with Crippen LogP contribution in [0.5, 0.6) is 0 Å². The van der Waals surface area contributed by atoms with E-state index >= 15 is 0 Å². The summed E-state index contributed by atoms with van der Waals surface area (Å²) in [6, 6.07) is 0. The normalized spacial score (nSPS) is 29.2. The van der Waals surface area contributed by atoms with Crippen molar-refractivity contribution in [1.29, 1.82) is 0 Å². The maximum atomic E-state index is 5.50. The summed E-state index contributed by atoms with van der Waals surface area (Å²) in [7, 11) is 0. The molecule has 0 bridgehead atoms. The summed E-state index contributed by atoms with van der Waals surface area (Å²) in [6.45, 7) is 4.17. The van der Waals surface area contributed by atoms with Crippen LogP contribution < -0.4 is 5.32 Å². The molecule has 74 valence electrons. The van der Waals surface area contributed by atoms with E-state index in [1.54, 1.807) is 0 Å². The minimum atomic E-state index is 0.755. The number of piperidine rings is 1. The third kappa shape index (κ3) is 2.69. The molecule has 0 aromatic carbocycles. The van der Waals surface area contributed by atoms with Crippen molar-refractivity contribution in [2.24, 2.45) is 10.9 Å². The monoisotopic (exact) mass is 182 g/mol. The average Bonchev–Trinajstić information content (AvgIpc) is 2.21. The Labute approximate surface area is 79.6 Å². The van der Waals surface area contributed by atoms with Crippen LogP contribution in [-0.4, -0.2) is 32.1 Å². The molecule has 0 saturated carbocycles. The number of ether oxygens (including phenoxy) is 1. The summed E-state index contributed by atoms with van der Waals surface area (Å²) in [4.78, 5) is 4.39. The Morgan fingerprint density at radius 3 is 3.15 bits per heavy atom. The van der Waals surface area contributed by atoms with Gasteiger partial charge in [-0.05, 0) is 31.8 Å². The van der Waals surface area contributed by atoms with Crippen molar-refractivity contribution in [2.75, 3.05) is 26.2 Å². The van der Waals surface area contributed by atoms with Crippen LogP contribution in [0, 0.1) is 5.92 Å². The van der Waals surface area contributed by atoms with Crippen molar-refractivity contribution in [1.82, 2.24) is 5.32 Å². The van der Waals surface area contributed by atoms with Crippen LogP contribution >= 0.6 is 0 Å². The Morgan fingerprint density at radius 2 is 2.46 bits per heavy atom. The van der Waals surface area contributed by atoms with Gasteiger partial charge in [-0.2, -0.15) is 0 Å². The van der Waals surface area contributed by atoms with Crippen LogP contribution in [-0.2, 0) is 4.74 Å². The molecule has 2 aliphatic heterocycles. The highest BCUT2D eigenvalue weighted by atomic mass is 16.5. The van der Waals surface area contributed by atoms with Crippen LogP contribution in [0.3, 0.4) is 0 Å². The summed E-state index contributed by atoms with van der Waals surface area (Å²) >= 11 is 0. The second kappa shape index (κ2) is 4.61. The lowest BCUT2D eigenvalue weighted by atomic mass is 9.96. The third-order valence-electron chi connectivity index (χ3n) is 2.72. The van der Waals surface area contributed by atoms with Crippen molar-refractivity contribution in [2.45, 2.75) is 25.7 Å². The minimum absolute atomic E-state index is 0.755. The maximum Gasteiger partial charge on any atom is 0.183 e. The van der Waals surface area contributed by atoms with E-state index in [1.165, 1.54) is 19.4 Å². The van der Waals surface area contributed by atoms with Crippen LogP contribution in [0.25, 0.3) is 0 Å². The molecule has 1 N–H and O–H groups in total. The number of hydrogen-bond donors (Lipinski definition) is 1. The standard InChI is InChI=1S/C10H18N2O/c1-3-9(8-11-4-1)7-10-12-5-2-6-13-10/h9,11H,1-8H2. The highest BCUT2D eigenvalue weighted by Gasteiger charge is 2.17. The SMILES string of the molecule is C1CN=C(CC2CCCNC2)OC1. The molecule has 1 atom stereocenters. The molecule has 0 radical (unpaired) electrons. The Morgan fingerprint density at radius 1 is 1.46 bits per heavy atom. The fourth-order valence-corrected chi connectivity index (χ4v) is 1.97. The zero-order valence-corrected chi connectivity index (χ0v) is 8.09. The zero-order chi connectivity index (χ0) is 8.93. The summed E-state index contributed by atoms with van der Waals surface area (Å²) in [6.07, 6.45) is 4.77. The quantitative estimate of drug-likeness (QED) is 0.696. The van der Waals surface area contributed by atoms with Gasteiger partial charge in [-0.25, -0.2) is 0 Å². The van der Waals surface area contributed by atoms with Crippen molar-refractivity contribution in [3.63, 3.8) is 0 Å². The van der Waals surface area contributed by atoms with E-state index < -0.39 is 0 Å². The first-order chi connectivity index (χ1) is 6.45. The van der Waals surface area contributed by atoms with E-state index in [4.69, 9.17) is 4.74 Å². The first-order valence-corrected chi connectivity index (χ1v) is 5.32. The molecule has 3 heteroatoms. The molecule has 0 aromatic rings. The molecule has 0 amide bonds. The number of aliphatic imine (C=N–C) groups is 1. The van der Waals surface area contributed by atoms with Crippen LogP contribution in [0.1, 0.15) is 25.7 Å².